The minimum absolute atomic E-state index is 0.299. The summed E-state index contributed by atoms with van der Waals surface area (Å²) in [6, 6.07) is 24.0. The van der Waals surface area contributed by atoms with Gasteiger partial charge in [0.1, 0.15) is 11.2 Å². The molecule has 0 atom stereocenters. The van der Waals surface area contributed by atoms with Gasteiger partial charge in [-0.2, -0.15) is 4.57 Å². The zero-order chi connectivity index (χ0) is 30.1. The van der Waals surface area contributed by atoms with E-state index in [9.17, 15) is 8.42 Å². The average molecular weight is 627 g/mol. The molecule has 3 aromatic carbocycles. The van der Waals surface area contributed by atoms with Gasteiger partial charge < -0.3 is 4.90 Å². The lowest BCUT2D eigenvalue weighted by Crippen LogP contribution is -2.33. The first-order chi connectivity index (χ1) is 20.8. The van der Waals surface area contributed by atoms with Crippen LogP contribution in [-0.2, 0) is 16.6 Å². The van der Waals surface area contributed by atoms with Crippen molar-refractivity contribution in [3.63, 3.8) is 0 Å². The number of allylic oxidation sites excluding steroid dienone is 5. The van der Waals surface area contributed by atoms with Crippen LogP contribution in [0.2, 0.25) is 0 Å². The number of thiazole rings is 1. The largest absolute Gasteiger partial charge is 0.335 e. The first-order valence-electron chi connectivity index (χ1n) is 14.7. The fourth-order valence-corrected chi connectivity index (χ4v) is 9.31. The van der Waals surface area contributed by atoms with Crippen LogP contribution in [0.4, 0.5) is 5.69 Å². The normalized spacial score (nSPS) is 17.3. The number of hydrogen-bond donors (Lipinski definition) is 0. The number of nitrogens with zero attached hydrogens (tertiary/aromatic N) is 3. The number of hydrogen-bond acceptors (Lipinski definition) is 5. The fraction of sp³-hybridized carbons (Fsp3) is 0.229. The quantitative estimate of drug-likeness (QED) is 0.185. The number of anilines is 1. The van der Waals surface area contributed by atoms with E-state index in [2.05, 4.69) is 96.1 Å². The van der Waals surface area contributed by atoms with Crippen molar-refractivity contribution in [3.05, 3.63) is 123 Å². The Morgan fingerprint density at radius 1 is 0.930 bits per heavy atom. The standard InChI is InChI=1S/C35H36N3O2S3/c1-5-37-29-11-7-9-13-31(29)41-33(37)23-19-26-17-18-27(20-24-34-38(6-2)30-12-8-10-14-32(30)42-34)35(26)36(4)43(39,40)28-21-15-25(3)16-22-28/h7-16,19-24H,5-6,17-18H2,1-4H3/q+1. The molecule has 4 aromatic rings. The summed E-state index contributed by atoms with van der Waals surface area (Å²) in [6.07, 6.45) is 10.1. The lowest BCUT2D eigenvalue weighted by atomic mass is 10.2. The molecular weight excluding hydrogens is 591 g/mol. The van der Waals surface area contributed by atoms with E-state index in [0.717, 1.165) is 58.4 Å². The van der Waals surface area contributed by atoms with Crippen LogP contribution in [0.15, 0.2) is 123 Å². The number of sulfonamides is 1. The van der Waals surface area contributed by atoms with E-state index in [1.54, 1.807) is 42.3 Å². The number of rotatable bonds is 8. The van der Waals surface area contributed by atoms with Gasteiger partial charge in [-0.15, -0.1) is 0 Å². The van der Waals surface area contributed by atoms with E-state index in [0.29, 0.717) is 4.90 Å². The van der Waals surface area contributed by atoms with Crippen molar-refractivity contribution in [2.75, 3.05) is 18.5 Å². The first-order valence-corrected chi connectivity index (χ1v) is 17.7. The van der Waals surface area contributed by atoms with Crippen LogP contribution in [0.25, 0.3) is 16.3 Å². The van der Waals surface area contributed by atoms with Crippen LogP contribution in [0.3, 0.4) is 0 Å². The molecule has 0 unspecified atom stereocenters. The lowest BCUT2D eigenvalue weighted by Gasteiger charge is -2.23. The molecule has 1 aliphatic carbocycles. The second kappa shape index (κ2) is 12.2. The molecular formula is C35H36N3O2S3+. The number of likely N-dealkylation sites (N-methyl/N-ethyl adjacent to an activating group) is 1. The highest BCUT2D eigenvalue weighted by Gasteiger charge is 2.30. The summed E-state index contributed by atoms with van der Waals surface area (Å²) in [5, 5.41) is 2.30. The van der Waals surface area contributed by atoms with Crippen molar-refractivity contribution in [2.45, 2.75) is 49.9 Å². The zero-order valence-electron chi connectivity index (χ0n) is 24.9. The SMILES string of the molecule is CCN1C(=CC=C2CCC(C=Cc3sc4ccccc4[n+]3CC)=C2N(C)S(=O)(=O)c2ccc(C)cc2)Sc2ccccc21. The molecule has 0 saturated heterocycles. The maximum Gasteiger partial charge on any atom is 0.264 e. The van der Waals surface area contributed by atoms with Gasteiger partial charge in [-0.25, -0.2) is 8.42 Å². The van der Waals surface area contributed by atoms with Crippen LogP contribution in [0.1, 0.15) is 37.3 Å². The van der Waals surface area contributed by atoms with E-state index >= 15 is 0 Å². The maximum atomic E-state index is 13.9. The molecule has 0 amide bonds. The minimum Gasteiger partial charge on any atom is -0.335 e. The van der Waals surface area contributed by atoms with Gasteiger partial charge in [0, 0.05) is 30.6 Å². The van der Waals surface area contributed by atoms with Crippen molar-refractivity contribution in [1.29, 1.82) is 0 Å². The third-order valence-electron chi connectivity index (χ3n) is 8.03. The third kappa shape index (κ3) is 5.59. The molecule has 5 nitrogen and oxygen atoms in total. The maximum absolute atomic E-state index is 13.9. The fourth-order valence-electron chi connectivity index (χ4n) is 5.78. The summed E-state index contributed by atoms with van der Waals surface area (Å²) in [7, 11) is -2.07. The summed E-state index contributed by atoms with van der Waals surface area (Å²) in [6.45, 7) is 8.01. The molecule has 8 heteroatoms. The van der Waals surface area contributed by atoms with E-state index in [1.807, 2.05) is 19.1 Å². The van der Waals surface area contributed by atoms with Crippen molar-refractivity contribution in [2.24, 2.45) is 0 Å². The van der Waals surface area contributed by atoms with Gasteiger partial charge in [-0.05, 0) is 87.2 Å². The van der Waals surface area contributed by atoms with E-state index < -0.39 is 10.0 Å². The highest BCUT2D eigenvalue weighted by atomic mass is 32.2. The Morgan fingerprint density at radius 2 is 1.67 bits per heavy atom. The Bertz CT molecular complexity index is 1920. The molecule has 0 spiro atoms. The zero-order valence-corrected chi connectivity index (χ0v) is 27.4. The van der Waals surface area contributed by atoms with E-state index in [4.69, 9.17) is 0 Å². The minimum atomic E-state index is -3.76. The molecule has 1 aliphatic heterocycles. The van der Waals surface area contributed by atoms with Crippen molar-refractivity contribution in [1.82, 2.24) is 4.31 Å². The molecule has 0 fully saturated rings. The number of fused-ring (bicyclic) bond motifs is 2. The monoisotopic (exact) mass is 626 g/mol. The number of aromatic nitrogens is 1. The van der Waals surface area contributed by atoms with Crippen LogP contribution in [-0.4, -0.2) is 26.3 Å². The average Bonchev–Trinajstić information content (AvgIpc) is 3.70. The van der Waals surface area contributed by atoms with Gasteiger partial charge >= 0.3 is 0 Å². The predicted molar refractivity (Wildman–Crippen MR) is 181 cm³/mol. The van der Waals surface area contributed by atoms with Crippen molar-refractivity contribution in [3.8, 4) is 0 Å². The van der Waals surface area contributed by atoms with Crippen LogP contribution in [0, 0.1) is 6.92 Å². The molecule has 2 heterocycles. The topological polar surface area (TPSA) is 44.5 Å². The van der Waals surface area contributed by atoms with Crippen LogP contribution in [0.5, 0.6) is 0 Å². The van der Waals surface area contributed by atoms with Gasteiger partial charge in [-0.3, -0.25) is 4.31 Å². The van der Waals surface area contributed by atoms with Crippen LogP contribution < -0.4 is 9.47 Å². The number of para-hydroxylation sites is 2. The van der Waals surface area contributed by atoms with Gasteiger partial charge in [0.05, 0.1) is 21.3 Å². The Hall–Kier alpha value is -3.59. The molecule has 0 radical (unpaired) electrons. The Kier molecular flexibility index (Phi) is 8.36. The van der Waals surface area contributed by atoms with Gasteiger partial charge in [0.25, 0.3) is 15.0 Å². The molecule has 6 rings (SSSR count). The Balaban J connectivity index is 1.42. The van der Waals surface area contributed by atoms with Crippen molar-refractivity contribution < 1.29 is 13.0 Å². The summed E-state index contributed by atoms with van der Waals surface area (Å²) in [5.41, 5.74) is 6.28. The lowest BCUT2D eigenvalue weighted by molar-refractivity contribution is -0.665. The number of benzene rings is 3. The summed E-state index contributed by atoms with van der Waals surface area (Å²) in [4.78, 5) is 3.85. The highest BCUT2D eigenvalue weighted by molar-refractivity contribution is 8.03. The molecule has 0 N–H and O–H groups in total. The molecule has 1 aromatic heterocycles. The molecule has 220 valence electrons. The molecule has 0 saturated carbocycles. The number of aryl methyl sites for hydroxylation is 2. The smallest absolute Gasteiger partial charge is 0.264 e. The van der Waals surface area contributed by atoms with E-state index in [-0.39, 0.29) is 0 Å². The van der Waals surface area contributed by atoms with Gasteiger partial charge in [0.15, 0.2) is 0 Å². The second-order valence-corrected chi connectivity index (χ2v) is 14.7. The first kappa shape index (κ1) is 29.5. The molecule has 0 bridgehead atoms. The van der Waals surface area contributed by atoms with Crippen LogP contribution >= 0.6 is 23.1 Å². The molecule has 2 aliphatic rings. The third-order valence-corrected chi connectivity index (χ3v) is 12.1. The van der Waals surface area contributed by atoms with Gasteiger partial charge in [0.2, 0.25) is 5.52 Å². The summed E-state index contributed by atoms with van der Waals surface area (Å²) >= 11 is 3.52. The van der Waals surface area contributed by atoms with E-state index in [1.165, 1.54) is 25.1 Å². The Labute approximate surface area is 263 Å². The summed E-state index contributed by atoms with van der Waals surface area (Å²) in [5.74, 6) is 0. The highest BCUT2D eigenvalue weighted by Crippen LogP contribution is 2.46. The second-order valence-electron chi connectivity index (χ2n) is 10.7. The van der Waals surface area contributed by atoms with Crippen molar-refractivity contribution >= 4 is 55.1 Å². The number of thioether (sulfide) groups is 1. The molecule has 43 heavy (non-hydrogen) atoms. The van der Waals surface area contributed by atoms with Gasteiger partial charge in [-0.1, -0.05) is 71.1 Å². The summed E-state index contributed by atoms with van der Waals surface area (Å²) < 4.78 is 32.9. The predicted octanol–water partition coefficient (Wildman–Crippen LogP) is 8.30. The Morgan fingerprint density at radius 3 is 2.44 bits per heavy atom.